The first-order chi connectivity index (χ1) is 12.9. The molecule has 0 saturated heterocycles. The third-order valence-corrected chi connectivity index (χ3v) is 4.44. The fourth-order valence-corrected chi connectivity index (χ4v) is 2.87. The molecule has 0 aliphatic rings. The summed E-state index contributed by atoms with van der Waals surface area (Å²) in [6.07, 6.45) is 6.84. The molecule has 5 nitrogen and oxygen atoms in total. The molecule has 0 aliphatic heterocycles. The zero-order chi connectivity index (χ0) is 19.4. The lowest BCUT2D eigenvalue weighted by Crippen LogP contribution is -2.32. The Balaban J connectivity index is 1.73. The molecule has 0 unspecified atom stereocenters. The van der Waals surface area contributed by atoms with Crippen molar-refractivity contribution in [3.05, 3.63) is 78.1 Å². The fourth-order valence-electron chi connectivity index (χ4n) is 2.87. The number of imidazole rings is 1. The van der Waals surface area contributed by atoms with Crippen LogP contribution in [0.2, 0.25) is 0 Å². The summed E-state index contributed by atoms with van der Waals surface area (Å²) in [7, 11) is 0. The molecule has 0 spiro atoms. The first-order valence-electron chi connectivity index (χ1n) is 8.65. The molecule has 0 saturated carbocycles. The van der Waals surface area contributed by atoms with Crippen molar-refractivity contribution in [1.29, 1.82) is 0 Å². The Morgan fingerprint density at radius 2 is 1.96 bits per heavy atom. The van der Waals surface area contributed by atoms with Crippen LogP contribution in [0.25, 0.3) is 0 Å². The van der Waals surface area contributed by atoms with Crippen LogP contribution in [0.1, 0.15) is 36.8 Å². The van der Waals surface area contributed by atoms with E-state index in [1.807, 2.05) is 32.2 Å². The molecule has 1 aromatic carbocycles. The minimum Gasteiger partial charge on any atom is -0.328 e. The molecule has 0 fully saturated rings. The summed E-state index contributed by atoms with van der Waals surface area (Å²) in [5.41, 5.74) is 0.848. The Morgan fingerprint density at radius 3 is 2.59 bits per heavy atom. The van der Waals surface area contributed by atoms with Crippen LogP contribution >= 0.6 is 0 Å². The number of benzene rings is 1. The summed E-state index contributed by atoms with van der Waals surface area (Å²) < 4.78 is 30.6. The van der Waals surface area contributed by atoms with E-state index in [9.17, 15) is 13.6 Å². The summed E-state index contributed by atoms with van der Waals surface area (Å²) in [5, 5.41) is 2.27. The van der Waals surface area contributed by atoms with Crippen molar-refractivity contribution >= 4 is 11.6 Å². The van der Waals surface area contributed by atoms with Gasteiger partial charge in [0, 0.05) is 42.5 Å². The highest BCUT2D eigenvalue weighted by Crippen LogP contribution is 2.29. The molecule has 140 valence electrons. The van der Waals surface area contributed by atoms with Crippen LogP contribution in [0.4, 0.5) is 14.5 Å². The van der Waals surface area contributed by atoms with E-state index in [0.29, 0.717) is 5.69 Å². The Hall–Kier alpha value is -3.09. The average Bonchev–Trinajstić information content (AvgIpc) is 3.17. The van der Waals surface area contributed by atoms with Crippen LogP contribution in [0.5, 0.6) is 0 Å². The Morgan fingerprint density at radius 1 is 1.22 bits per heavy atom. The van der Waals surface area contributed by atoms with Gasteiger partial charge in [-0.1, -0.05) is 19.1 Å². The minimum atomic E-state index is -3.66. The van der Waals surface area contributed by atoms with Gasteiger partial charge in [-0.2, -0.15) is 8.78 Å². The highest BCUT2D eigenvalue weighted by molar-refractivity contribution is 5.96. The molecule has 1 atom stereocenters. The van der Waals surface area contributed by atoms with Crippen molar-refractivity contribution in [2.45, 2.75) is 32.2 Å². The topological polar surface area (TPSA) is 59.8 Å². The monoisotopic (exact) mass is 370 g/mol. The number of amides is 1. The van der Waals surface area contributed by atoms with Crippen LogP contribution in [0.3, 0.4) is 0 Å². The van der Waals surface area contributed by atoms with Crippen molar-refractivity contribution in [2.75, 3.05) is 5.32 Å². The summed E-state index contributed by atoms with van der Waals surface area (Å²) in [4.78, 5) is 20.0. The predicted octanol–water partition coefficient (Wildman–Crippen LogP) is 4.18. The lowest BCUT2D eigenvalue weighted by atomic mass is 10.1. The van der Waals surface area contributed by atoms with E-state index < -0.39 is 17.4 Å². The summed E-state index contributed by atoms with van der Waals surface area (Å²) >= 11 is 0. The second-order valence-electron chi connectivity index (χ2n) is 6.17. The lowest BCUT2D eigenvalue weighted by Gasteiger charge is -2.18. The van der Waals surface area contributed by atoms with Gasteiger partial charge in [0.1, 0.15) is 5.82 Å². The highest BCUT2D eigenvalue weighted by atomic mass is 19.3. The van der Waals surface area contributed by atoms with Gasteiger partial charge in [-0.15, -0.1) is 0 Å². The second-order valence-corrected chi connectivity index (χ2v) is 6.17. The minimum absolute atomic E-state index is 0.0454. The van der Waals surface area contributed by atoms with Crippen molar-refractivity contribution in [3.63, 3.8) is 0 Å². The van der Waals surface area contributed by atoms with Gasteiger partial charge in [0.2, 0.25) is 0 Å². The number of carbonyl (C=O) groups excluding carboxylic acids is 1. The quantitative estimate of drug-likeness (QED) is 0.708. The van der Waals surface area contributed by atoms with Crippen molar-refractivity contribution < 1.29 is 13.6 Å². The Labute approximate surface area is 156 Å². The van der Waals surface area contributed by atoms with Crippen LogP contribution in [-0.2, 0) is 17.1 Å². The van der Waals surface area contributed by atoms with Crippen LogP contribution < -0.4 is 5.32 Å². The van der Waals surface area contributed by atoms with Gasteiger partial charge in [-0.05, 0) is 36.8 Å². The molecule has 3 rings (SSSR count). The number of nitrogens with zero attached hydrogens (tertiary/aromatic N) is 3. The molecule has 1 amide bonds. The Kier molecular flexibility index (Phi) is 5.30. The van der Waals surface area contributed by atoms with Gasteiger partial charge < -0.3 is 9.88 Å². The van der Waals surface area contributed by atoms with Crippen molar-refractivity contribution in [1.82, 2.24) is 14.5 Å². The van der Waals surface area contributed by atoms with E-state index in [4.69, 9.17) is 0 Å². The summed E-state index contributed by atoms with van der Waals surface area (Å²) in [6, 6.07) is 9.44. The molecule has 0 bridgehead atoms. The fraction of sp³-hybridized carbons (Fsp3) is 0.250. The molecule has 1 N–H and O–H groups in total. The van der Waals surface area contributed by atoms with Crippen LogP contribution in [0.15, 0.2) is 61.2 Å². The standard InChI is InChI=1S/C20H20F2N4O/c1-3-18-24-11-12-26(18)14(2)15-6-8-17(9-7-15)25-19(27)20(21,22)16-5-4-10-23-13-16/h4-14H,3H2,1-2H3,(H,25,27)/t14-/m0/s1. The number of nitrogens with one attached hydrogen (secondary N) is 1. The van der Waals surface area contributed by atoms with Gasteiger partial charge in [0.05, 0.1) is 6.04 Å². The van der Waals surface area contributed by atoms with Crippen molar-refractivity contribution in [2.24, 2.45) is 0 Å². The van der Waals surface area contributed by atoms with Gasteiger partial charge in [0.15, 0.2) is 0 Å². The average molecular weight is 370 g/mol. The molecule has 2 aromatic heterocycles. The lowest BCUT2D eigenvalue weighted by molar-refractivity contribution is -0.141. The number of alkyl halides is 2. The van der Waals surface area contributed by atoms with Gasteiger partial charge >= 0.3 is 5.92 Å². The molecule has 2 heterocycles. The summed E-state index contributed by atoms with van der Waals surface area (Å²) in [5.74, 6) is -4.08. The van der Waals surface area contributed by atoms with E-state index in [1.165, 1.54) is 18.3 Å². The number of hydrogen-bond donors (Lipinski definition) is 1. The molecule has 3 aromatic rings. The van der Waals surface area contributed by atoms with Gasteiger partial charge in [-0.3, -0.25) is 9.78 Å². The maximum absolute atomic E-state index is 14.2. The third-order valence-electron chi connectivity index (χ3n) is 4.44. The van der Waals surface area contributed by atoms with E-state index in [2.05, 4.69) is 19.9 Å². The highest BCUT2D eigenvalue weighted by Gasteiger charge is 2.41. The number of anilines is 1. The van der Waals surface area contributed by atoms with E-state index in [1.54, 1.807) is 18.3 Å². The predicted molar refractivity (Wildman–Crippen MR) is 98.6 cm³/mol. The number of aryl methyl sites for hydroxylation is 1. The maximum atomic E-state index is 14.2. The summed E-state index contributed by atoms with van der Waals surface area (Å²) in [6.45, 7) is 4.07. The van der Waals surface area contributed by atoms with E-state index in [0.717, 1.165) is 24.0 Å². The second kappa shape index (κ2) is 7.65. The zero-order valence-electron chi connectivity index (χ0n) is 15.1. The van der Waals surface area contributed by atoms with E-state index >= 15 is 0 Å². The van der Waals surface area contributed by atoms with Crippen LogP contribution in [0, 0.1) is 0 Å². The first-order valence-corrected chi connectivity index (χ1v) is 8.65. The largest absolute Gasteiger partial charge is 0.351 e. The maximum Gasteiger partial charge on any atom is 0.351 e. The number of carbonyl (C=O) groups is 1. The molecule has 7 heteroatoms. The van der Waals surface area contributed by atoms with E-state index in [-0.39, 0.29) is 6.04 Å². The molecule has 27 heavy (non-hydrogen) atoms. The number of hydrogen-bond acceptors (Lipinski definition) is 3. The zero-order valence-corrected chi connectivity index (χ0v) is 15.1. The number of halogens is 2. The Bertz CT molecular complexity index is 907. The number of aromatic nitrogens is 3. The molecule has 0 radical (unpaired) electrons. The SMILES string of the molecule is CCc1nccn1[C@@H](C)c1ccc(NC(=O)C(F)(F)c2cccnc2)cc1. The normalized spacial score (nSPS) is 12.6. The van der Waals surface area contributed by atoms with Gasteiger partial charge in [-0.25, -0.2) is 4.98 Å². The molecular formula is C20H20F2N4O. The van der Waals surface area contributed by atoms with Crippen molar-refractivity contribution in [3.8, 4) is 0 Å². The molecular weight excluding hydrogens is 350 g/mol. The first kappa shape index (κ1) is 18.7. The molecule has 0 aliphatic carbocycles. The number of pyridine rings is 1. The van der Waals surface area contributed by atoms with Gasteiger partial charge in [0.25, 0.3) is 5.91 Å². The third kappa shape index (κ3) is 3.86. The number of rotatable bonds is 6. The smallest absolute Gasteiger partial charge is 0.328 e. The van der Waals surface area contributed by atoms with Crippen LogP contribution in [-0.4, -0.2) is 20.4 Å².